The molecule has 34 heavy (non-hydrogen) atoms. The van der Waals surface area contributed by atoms with Crippen molar-refractivity contribution in [3.05, 3.63) is 107 Å². The fraction of sp³-hybridized carbons (Fsp3) is 0.107. The van der Waals surface area contributed by atoms with Crippen LogP contribution in [0.2, 0.25) is 0 Å². The maximum Gasteiger partial charge on any atom is 0.337 e. The zero-order chi connectivity index (χ0) is 23.9. The number of nitrogens with one attached hydrogen (secondary N) is 1. The van der Waals surface area contributed by atoms with Crippen molar-refractivity contribution in [1.82, 2.24) is 10.3 Å². The molecular formula is C28H24N2O3S. The minimum absolute atomic E-state index is 0.191. The van der Waals surface area contributed by atoms with E-state index in [4.69, 9.17) is 4.98 Å². The number of benzene rings is 3. The monoisotopic (exact) mass is 468 g/mol. The second-order valence-electron chi connectivity index (χ2n) is 7.77. The van der Waals surface area contributed by atoms with Gasteiger partial charge in [-0.05, 0) is 36.3 Å². The molecule has 1 N–H and O–H groups in total. The van der Waals surface area contributed by atoms with Crippen molar-refractivity contribution in [1.29, 1.82) is 0 Å². The molecule has 6 heteroatoms. The lowest BCUT2D eigenvalue weighted by Crippen LogP contribution is -2.20. The van der Waals surface area contributed by atoms with E-state index in [9.17, 15) is 9.59 Å². The van der Waals surface area contributed by atoms with Crippen LogP contribution in [-0.4, -0.2) is 24.0 Å². The van der Waals surface area contributed by atoms with Gasteiger partial charge in [-0.25, -0.2) is 9.78 Å². The van der Waals surface area contributed by atoms with Crippen LogP contribution in [0.3, 0.4) is 0 Å². The summed E-state index contributed by atoms with van der Waals surface area (Å²) >= 11 is 1.62. The van der Waals surface area contributed by atoms with Gasteiger partial charge in [-0.3, -0.25) is 4.79 Å². The first kappa shape index (κ1) is 23.1. The summed E-state index contributed by atoms with van der Waals surface area (Å²) in [5.41, 5.74) is 6.66. The highest BCUT2D eigenvalue weighted by molar-refractivity contribution is 7.13. The second kappa shape index (κ2) is 10.7. The number of nitrogens with zero attached hydrogens (tertiary/aromatic N) is 1. The molecule has 1 heterocycles. The predicted molar refractivity (Wildman–Crippen MR) is 136 cm³/mol. The van der Waals surface area contributed by atoms with Crippen LogP contribution < -0.4 is 5.32 Å². The summed E-state index contributed by atoms with van der Waals surface area (Å²) < 4.78 is 4.68. The van der Waals surface area contributed by atoms with Crippen molar-refractivity contribution < 1.29 is 14.3 Å². The Morgan fingerprint density at radius 1 is 0.941 bits per heavy atom. The SMILES string of the molecule is COC(=O)c1ccc(/C=C/C(=O)NCc2ccc(-c3nc(-c4ccc(C)cc4)cs3)cc2)cc1. The minimum atomic E-state index is -0.388. The number of rotatable bonds is 7. The number of thiazole rings is 1. The summed E-state index contributed by atoms with van der Waals surface area (Å²) in [5, 5.41) is 5.92. The molecule has 0 spiro atoms. The third kappa shape index (κ3) is 5.85. The molecule has 1 amide bonds. The van der Waals surface area contributed by atoms with Crippen LogP contribution in [-0.2, 0) is 16.1 Å². The van der Waals surface area contributed by atoms with Gasteiger partial charge in [0.15, 0.2) is 0 Å². The van der Waals surface area contributed by atoms with E-state index in [0.29, 0.717) is 12.1 Å². The van der Waals surface area contributed by atoms with Crippen LogP contribution in [0.15, 0.2) is 84.3 Å². The topological polar surface area (TPSA) is 68.3 Å². The lowest BCUT2D eigenvalue weighted by atomic mass is 10.1. The van der Waals surface area contributed by atoms with E-state index in [1.165, 1.54) is 18.7 Å². The molecule has 0 bridgehead atoms. The largest absolute Gasteiger partial charge is 0.465 e. The average molecular weight is 469 g/mol. The summed E-state index contributed by atoms with van der Waals surface area (Å²) in [7, 11) is 1.34. The van der Waals surface area contributed by atoms with Crippen molar-refractivity contribution in [2.45, 2.75) is 13.5 Å². The first-order valence-corrected chi connectivity index (χ1v) is 11.7. The summed E-state index contributed by atoms with van der Waals surface area (Å²) in [6.45, 7) is 2.50. The van der Waals surface area contributed by atoms with Crippen LogP contribution in [0.25, 0.3) is 27.9 Å². The number of aromatic nitrogens is 1. The highest BCUT2D eigenvalue weighted by Gasteiger charge is 2.07. The molecule has 0 saturated carbocycles. The first-order valence-electron chi connectivity index (χ1n) is 10.8. The molecule has 0 radical (unpaired) electrons. The Bertz CT molecular complexity index is 1310. The lowest BCUT2D eigenvalue weighted by molar-refractivity contribution is -0.116. The number of amides is 1. The zero-order valence-corrected chi connectivity index (χ0v) is 19.8. The van der Waals surface area contributed by atoms with Crippen LogP contribution >= 0.6 is 11.3 Å². The first-order chi connectivity index (χ1) is 16.5. The molecule has 0 aliphatic heterocycles. The van der Waals surface area contributed by atoms with E-state index < -0.39 is 0 Å². The Balaban J connectivity index is 1.31. The van der Waals surface area contributed by atoms with Crippen LogP contribution in [0.1, 0.15) is 27.0 Å². The van der Waals surface area contributed by atoms with Gasteiger partial charge in [-0.2, -0.15) is 0 Å². The van der Waals surface area contributed by atoms with Gasteiger partial charge in [0.25, 0.3) is 0 Å². The number of hydrogen-bond acceptors (Lipinski definition) is 5. The Hall–Kier alpha value is -4.03. The van der Waals surface area contributed by atoms with Crippen molar-refractivity contribution in [3.63, 3.8) is 0 Å². The summed E-state index contributed by atoms with van der Waals surface area (Å²) in [6.07, 6.45) is 3.18. The van der Waals surface area contributed by atoms with Crippen LogP contribution in [0.4, 0.5) is 0 Å². The van der Waals surface area contributed by atoms with Gasteiger partial charge in [-0.15, -0.1) is 11.3 Å². The number of aryl methyl sites for hydroxylation is 1. The maximum atomic E-state index is 12.2. The quantitative estimate of drug-likeness (QED) is 0.271. The fourth-order valence-electron chi connectivity index (χ4n) is 3.30. The lowest BCUT2D eigenvalue weighted by Gasteiger charge is -2.04. The molecule has 170 valence electrons. The van der Waals surface area contributed by atoms with Gasteiger partial charge in [0.1, 0.15) is 5.01 Å². The van der Waals surface area contributed by atoms with Gasteiger partial charge in [0.05, 0.1) is 18.4 Å². The molecule has 0 aliphatic rings. The van der Waals surface area contributed by atoms with Crippen LogP contribution in [0, 0.1) is 6.92 Å². The molecule has 0 atom stereocenters. The van der Waals surface area contributed by atoms with E-state index >= 15 is 0 Å². The Morgan fingerprint density at radius 2 is 1.62 bits per heavy atom. The van der Waals surface area contributed by atoms with E-state index in [0.717, 1.165) is 33.0 Å². The van der Waals surface area contributed by atoms with E-state index in [2.05, 4.69) is 46.6 Å². The highest BCUT2D eigenvalue weighted by Crippen LogP contribution is 2.29. The standard InChI is InChI=1S/C28H24N2O3S/c1-19-3-10-22(11-4-19)25-18-34-27(30-25)23-12-7-21(8-13-23)17-29-26(31)16-9-20-5-14-24(15-6-20)28(32)33-2/h3-16,18H,17H2,1-2H3,(H,29,31)/b16-9+. The molecule has 0 aliphatic carbocycles. The number of methoxy groups -OCH3 is 1. The van der Waals surface area contributed by atoms with Gasteiger partial charge in [0.2, 0.25) is 5.91 Å². The third-order valence-electron chi connectivity index (χ3n) is 5.28. The minimum Gasteiger partial charge on any atom is -0.465 e. The van der Waals surface area contributed by atoms with Crippen molar-refractivity contribution in [2.75, 3.05) is 7.11 Å². The number of hydrogen-bond donors (Lipinski definition) is 1. The molecule has 0 fully saturated rings. The number of ether oxygens (including phenoxy) is 1. The van der Waals surface area contributed by atoms with Crippen LogP contribution in [0.5, 0.6) is 0 Å². The summed E-state index contributed by atoms with van der Waals surface area (Å²) in [6, 6.07) is 23.3. The second-order valence-corrected chi connectivity index (χ2v) is 8.62. The fourth-order valence-corrected chi connectivity index (χ4v) is 4.13. The number of esters is 1. The van der Waals surface area contributed by atoms with Gasteiger partial charge < -0.3 is 10.1 Å². The van der Waals surface area contributed by atoms with E-state index in [1.807, 2.05) is 24.3 Å². The van der Waals surface area contributed by atoms with Crippen molar-refractivity contribution >= 4 is 29.3 Å². The summed E-state index contributed by atoms with van der Waals surface area (Å²) in [4.78, 5) is 28.4. The molecule has 0 saturated heterocycles. The number of carbonyl (C=O) groups excluding carboxylic acids is 2. The van der Waals surface area contributed by atoms with Gasteiger partial charge in [0, 0.05) is 29.1 Å². The Labute approximate surface area is 202 Å². The van der Waals surface area contributed by atoms with E-state index in [1.54, 1.807) is 41.7 Å². The molecule has 4 rings (SSSR count). The molecule has 1 aromatic heterocycles. The number of carbonyl (C=O) groups is 2. The van der Waals surface area contributed by atoms with Gasteiger partial charge >= 0.3 is 5.97 Å². The van der Waals surface area contributed by atoms with E-state index in [-0.39, 0.29) is 11.9 Å². The Kier molecular flexibility index (Phi) is 7.30. The zero-order valence-electron chi connectivity index (χ0n) is 18.9. The van der Waals surface area contributed by atoms with Crippen molar-refractivity contribution in [2.24, 2.45) is 0 Å². The maximum absolute atomic E-state index is 12.2. The molecule has 3 aromatic carbocycles. The molecule has 4 aromatic rings. The molecule has 5 nitrogen and oxygen atoms in total. The van der Waals surface area contributed by atoms with Gasteiger partial charge in [-0.1, -0.05) is 66.2 Å². The summed E-state index contributed by atoms with van der Waals surface area (Å²) in [5.74, 6) is -0.579. The highest BCUT2D eigenvalue weighted by atomic mass is 32.1. The third-order valence-corrected chi connectivity index (χ3v) is 6.17. The molecule has 0 unspecified atom stereocenters. The molecular weight excluding hydrogens is 444 g/mol. The predicted octanol–water partition coefficient (Wildman–Crippen LogP) is 5.90. The normalized spacial score (nSPS) is 10.9. The van der Waals surface area contributed by atoms with Crippen molar-refractivity contribution in [3.8, 4) is 21.8 Å². The smallest absolute Gasteiger partial charge is 0.337 e. The Morgan fingerprint density at radius 3 is 2.29 bits per heavy atom. The average Bonchev–Trinajstić information content (AvgIpc) is 3.37.